The van der Waals surface area contributed by atoms with Gasteiger partial charge in [0, 0.05) is 23.0 Å². The number of nitrogens with zero attached hydrogens (tertiary/aromatic N) is 1. The first-order valence-corrected chi connectivity index (χ1v) is 10.6. The number of aliphatic hydroxyl groups excluding tert-OH is 2. The van der Waals surface area contributed by atoms with E-state index >= 15 is 0 Å². The van der Waals surface area contributed by atoms with Crippen LogP contribution in [0.2, 0.25) is 0 Å². The number of carbonyl (C=O) groups is 1. The second-order valence-corrected chi connectivity index (χ2v) is 8.53. The fraction of sp³-hybridized carbons (Fsp3) is 0.478. The molecule has 1 aromatic heterocycles. The van der Waals surface area contributed by atoms with Gasteiger partial charge in [0.25, 0.3) is 5.91 Å². The summed E-state index contributed by atoms with van der Waals surface area (Å²) < 4.78 is 81.2. The number of hydrogen-bond donors (Lipinski definition) is 3. The van der Waals surface area contributed by atoms with Gasteiger partial charge in [-0.2, -0.15) is 13.2 Å². The van der Waals surface area contributed by atoms with E-state index in [0.717, 1.165) is 19.1 Å². The molecule has 2 aromatic rings. The molecule has 1 saturated heterocycles. The number of carbonyl (C=O) groups excluding carboxylic acids is 1. The maximum absolute atomic E-state index is 14.3. The Morgan fingerprint density at radius 1 is 1.31 bits per heavy atom. The van der Waals surface area contributed by atoms with Crippen LogP contribution < -0.4 is 10.1 Å². The number of aromatic nitrogens is 1. The average Bonchev–Trinajstić information content (AvgIpc) is 3.08. The van der Waals surface area contributed by atoms with Crippen LogP contribution in [0.4, 0.5) is 27.6 Å². The largest absolute Gasteiger partial charge is 0.496 e. The highest BCUT2D eigenvalue weighted by atomic mass is 19.4. The van der Waals surface area contributed by atoms with Crippen molar-refractivity contribution in [3.05, 3.63) is 52.9 Å². The molecule has 7 nitrogen and oxygen atoms in total. The van der Waals surface area contributed by atoms with Gasteiger partial charge in [-0.25, -0.2) is 8.78 Å². The third kappa shape index (κ3) is 4.69. The first-order valence-electron chi connectivity index (χ1n) is 10.6. The summed E-state index contributed by atoms with van der Waals surface area (Å²) in [5, 5.41) is 21.0. The van der Waals surface area contributed by atoms with E-state index in [1.165, 1.54) is 27.0 Å². The molecule has 0 saturated carbocycles. The highest BCUT2D eigenvalue weighted by Gasteiger charge is 2.65. The lowest BCUT2D eigenvalue weighted by molar-refractivity contribution is -0.272. The van der Waals surface area contributed by atoms with E-state index in [-0.39, 0.29) is 22.6 Å². The molecule has 2 heterocycles. The Bertz CT molecular complexity index is 1110. The Morgan fingerprint density at radius 3 is 2.54 bits per heavy atom. The number of hydrogen-bond acceptors (Lipinski definition) is 6. The number of ether oxygens (including phenoxy) is 2. The lowest BCUT2D eigenvalue weighted by Crippen LogP contribution is -2.47. The Morgan fingerprint density at radius 2 is 1.97 bits per heavy atom. The molecule has 12 heteroatoms. The van der Waals surface area contributed by atoms with Crippen molar-refractivity contribution in [1.82, 2.24) is 4.98 Å². The standard InChI is InChI=1S/C23H25F5N2O5/c1-10-13(24)6-5-12(19(10)34-4)18-11(2)22(3,23(26,27)28)35-20(18)21(33)30-15-7-16(17(32)9-31)29-8-14(15)25/h5-8,11,17-18,20,31-32H,9H2,1-4H3,(H,29,30,33)/t11-,17+,18-,20+,22+/m0/s1. The zero-order chi connectivity index (χ0) is 26.3. The smallest absolute Gasteiger partial charge is 0.417 e. The van der Waals surface area contributed by atoms with Crippen LogP contribution in [0.5, 0.6) is 5.75 Å². The lowest BCUT2D eigenvalue weighted by atomic mass is 9.76. The molecule has 35 heavy (non-hydrogen) atoms. The van der Waals surface area contributed by atoms with Crippen molar-refractivity contribution in [2.45, 2.75) is 50.7 Å². The van der Waals surface area contributed by atoms with Gasteiger partial charge >= 0.3 is 6.18 Å². The number of pyridine rings is 1. The summed E-state index contributed by atoms with van der Waals surface area (Å²) in [7, 11) is 1.23. The zero-order valence-corrected chi connectivity index (χ0v) is 19.3. The number of methoxy groups -OCH3 is 1. The number of alkyl halides is 3. The first kappa shape index (κ1) is 26.8. The van der Waals surface area contributed by atoms with Gasteiger partial charge in [-0.3, -0.25) is 9.78 Å². The normalized spacial score (nSPS) is 25.4. The number of benzene rings is 1. The molecule has 0 aliphatic carbocycles. The number of nitrogens with one attached hydrogen (secondary N) is 1. The van der Waals surface area contributed by atoms with E-state index in [1.807, 2.05) is 0 Å². The minimum Gasteiger partial charge on any atom is -0.496 e. The van der Waals surface area contributed by atoms with Crippen molar-refractivity contribution in [2.24, 2.45) is 5.92 Å². The summed E-state index contributed by atoms with van der Waals surface area (Å²) in [6, 6.07) is 3.24. The number of amides is 1. The number of halogens is 5. The highest BCUT2D eigenvalue weighted by molar-refractivity contribution is 5.95. The fourth-order valence-electron chi connectivity index (χ4n) is 4.28. The summed E-state index contributed by atoms with van der Waals surface area (Å²) in [6.07, 6.45) is -7.43. The highest BCUT2D eigenvalue weighted by Crippen LogP contribution is 2.55. The topological polar surface area (TPSA) is 101 Å². The summed E-state index contributed by atoms with van der Waals surface area (Å²) >= 11 is 0. The Balaban J connectivity index is 2.08. The molecule has 1 aromatic carbocycles. The van der Waals surface area contributed by atoms with Crippen LogP contribution in [-0.2, 0) is 9.53 Å². The molecule has 1 fully saturated rings. The summed E-state index contributed by atoms with van der Waals surface area (Å²) in [5.41, 5.74) is -3.25. The van der Waals surface area contributed by atoms with Gasteiger partial charge in [0.15, 0.2) is 11.4 Å². The Kier molecular flexibility index (Phi) is 7.39. The van der Waals surface area contributed by atoms with E-state index in [1.54, 1.807) is 0 Å². The fourth-order valence-corrected chi connectivity index (χ4v) is 4.28. The van der Waals surface area contributed by atoms with Gasteiger partial charge in [-0.15, -0.1) is 0 Å². The zero-order valence-electron chi connectivity index (χ0n) is 19.3. The van der Waals surface area contributed by atoms with Gasteiger partial charge in [-0.1, -0.05) is 13.0 Å². The van der Waals surface area contributed by atoms with Crippen molar-refractivity contribution in [3.8, 4) is 5.75 Å². The molecule has 5 atom stereocenters. The van der Waals surface area contributed by atoms with E-state index in [4.69, 9.17) is 14.6 Å². The van der Waals surface area contributed by atoms with Crippen molar-refractivity contribution in [1.29, 1.82) is 0 Å². The minimum absolute atomic E-state index is 0.0295. The van der Waals surface area contributed by atoms with E-state index in [0.29, 0.717) is 6.20 Å². The summed E-state index contributed by atoms with van der Waals surface area (Å²) in [5.74, 6) is -5.38. The predicted octanol–water partition coefficient (Wildman–Crippen LogP) is 3.78. The average molecular weight is 504 g/mol. The van der Waals surface area contributed by atoms with Gasteiger partial charge in [0.05, 0.1) is 31.3 Å². The van der Waals surface area contributed by atoms with Gasteiger partial charge in [0.1, 0.15) is 23.8 Å². The Labute approximate surface area is 197 Å². The van der Waals surface area contributed by atoms with Crippen LogP contribution in [0.25, 0.3) is 0 Å². The monoisotopic (exact) mass is 504 g/mol. The number of anilines is 1. The maximum atomic E-state index is 14.3. The summed E-state index contributed by atoms with van der Waals surface area (Å²) in [4.78, 5) is 16.8. The predicted molar refractivity (Wildman–Crippen MR) is 114 cm³/mol. The lowest BCUT2D eigenvalue weighted by Gasteiger charge is -2.32. The molecule has 192 valence electrons. The molecular formula is C23H25F5N2O5. The third-order valence-corrected chi connectivity index (χ3v) is 6.51. The van der Waals surface area contributed by atoms with Crippen LogP contribution in [0, 0.1) is 24.5 Å². The SMILES string of the molecule is COc1c([C@H]2[C@H](C(=O)Nc3cc([C@H](O)CO)ncc3F)O[C@@](C)(C(F)(F)F)[C@H]2C)ccc(F)c1C. The number of aliphatic hydroxyl groups is 2. The molecule has 0 unspecified atom stereocenters. The van der Waals surface area contributed by atoms with Gasteiger partial charge < -0.3 is 25.0 Å². The van der Waals surface area contributed by atoms with Crippen LogP contribution in [0.15, 0.2) is 24.4 Å². The summed E-state index contributed by atoms with van der Waals surface area (Å²) in [6.45, 7) is 2.72. The van der Waals surface area contributed by atoms with E-state index in [9.17, 15) is 31.9 Å². The molecule has 3 N–H and O–H groups in total. The molecule has 0 radical (unpaired) electrons. The molecular weight excluding hydrogens is 479 g/mol. The van der Waals surface area contributed by atoms with E-state index < -0.39 is 65.7 Å². The first-order chi connectivity index (χ1) is 16.3. The van der Waals surface area contributed by atoms with Crippen LogP contribution >= 0.6 is 0 Å². The molecule has 1 amide bonds. The van der Waals surface area contributed by atoms with E-state index in [2.05, 4.69) is 10.3 Å². The van der Waals surface area contributed by atoms with Gasteiger partial charge in [-0.05, 0) is 26.0 Å². The maximum Gasteiger partial charge on any atom is 0.417 e. The molecule has 1 aliphatic rings. The quantitative estimate of drug-likeness (QED) is 0.518. The molecule has 1 aliphatic heterocycles. The van der Waals surface area contributed by atoms with Crippen LogP contribution in [-0.4, -0.2) is 52.7 Å². The molecule has 0 spiro atoms. The minimum atomic E-state index is -4.87. The number of rotatable bonds is 6. The van der Waals surface area contributed by atoms with Crippen molar-refractivity contribution in [3.63, 3.8) is 0 Å². The Hall–Kier alpha value is -2.83. The van der Waals surface area contributed by atoms with Crippen molar-refractivity contribution < 1.29 is 46.4 Å². The molecule has 3 rings (SSSR count). The van der Waals surface area contributed by atoms with Crippen molar-refractivity contribution in [2.75, 3.05) is 19.0 Å². The van der Waals surface area contributed by atoms with Crippen molar-refractivity contribution >= 4 is 11.6 Å². The second-order valence-electron chi connectivity index (χ2n) is 8.53. The third-order valence-electron chi connectivity index (χ3n) is 6.51. The van der Waals surface area contributed by atoms with Gasteiger partial charge in [0.2, 0.25) is 0 Å². The molecule has 0 bridgehead atoms. The van der Waals surface area contributed by atoms with Crippen LogP contribution in [0.3, 0.4) is 0 Å². The van der Waals surface area contributed by atoms with Crippen LogP contribution in [0.1, 0.15) is 42.7 Å². The second kappa shape index (κ2) is 9.67.